The molecule has 1 atom stereocenters. The van der Waals surface area contributed by atoms with E-state index in [0.717, 1.165) is 41.1 Å². The predicted molar refractivity (Wildman–Crippen MR) is 93.8 cm³/mol. The van der Waals surface area contributed by atoms with Crippen molar-refractivity contribution in [3.8, 4) is 5.69 Å². The fourth-order valence-corrected chi connectivity index (χ4v) is 3.13. The summed E-state index contributed by atoms with van der Waals surface area (Å²) < 4.78 is 3.95. The summed E-state index contributed by atoms with van der Waals surface area (Å²) in [5.41, 5.74) is 2.14. The molecule has 0 spiro atoms. The maximum Gasteiger partial charge on any atom is 0.154 e. The van der Waals surface area contributed by atoms with Gasteiger partial charge in [0.15, 0.2) is 5.82 Å². The molecule has 3 aromatic rings. The lowest BCUT2D eigenvalue weighted by molar-refractivity contribution is 0.502. The molecule has 0 aromatic carbocycles. The molecule has 3 aromatic heterocycles. The average Bonchev–Trinajstić information content (AvgIpc) is 3.25. The highest BCUT2D eigenvalue weighted by Gasteiger charge is 2.30. The zero-order valence-corrected chi connectivity index (χ0v) is 15.1. The molecular formula is C18H23N7. The quantitative estimate of drug-likeness (QED) is 0.716. The summed E-state index contributed by atoms with van der Waals surface area (Å²) in [6.45, 7) is 8.87. The first-order valence-electron chi connectivity index (χ1n) is 8.79. The lowest BCUT2D eigenvalue weighted by atomic mass is 10.1. The Hall–Kier alpha value is -2.57. The molecule has 7 heteroatoms. The number of pyridine rings is 1. The van der Waals surface area contributed by atoms with E-state index in [9.17, 15) is 0 Å². The smallest absolute Gasteiger partial charge is 0.154 e. The van der Waals surface area contributed by atoms with Crippen molar-refractivity contribution in [2.75, 3.05) is 0 Å². The van der Waals surface area contributed by atoms with Crippen molar-refractivity contribution in [2.45, 2.75) is 58.9 Å². The molecule has 1 saturated carbocycles. The molecule has 25 heavy (non-hydrogen) atoms. The van der Waals surface area contributed by atoms with Crippen LogP contribution in [-0.4, -0.2) is 34.5 Å². The standard InChI is InChI=1S/C18H23N7/c1-11-9-19-8-7-16(11)25-18(21-17(23-25)15-5-6-15)12(2)10-24-14(4)20-13(3)22-24/h7-9,12,15H,5-6,10H2,1-4H3. The van der Waals surface area contributed by atoms with E-state index in [4.69, 9.17) is 10.1 Å². The Morgan fingerprint density at radius 1 is 1.16 bits per heavy atom. The van der Waals surface area contributed by atoms with Gasteiger partial charge in [-0.2, -0.15) is 10.2 Å². The van der Waals surface area contributed by atoms with Crippen molar-refractivity contribution >= 4 is 0 Å². The van der Waals surface area contributed by atoms with Crippen LogP contribution in [0.4, 0.5) is 0 Å². The summed E-state index contributed by atoms with van der Waals surface area (Å²) in [6, 6.07) is 2.00. The largest absolute Gasteiger partial charge is 0.264 e. The highest BCUT2D eigenvalue weighted by Crippen LogP contribution is 2.39. The molecule has 0 bridgehead atoms. The van der Waals surface area contributed by atoms with Crippen molar-refractivity contribution in [1.29, 1.82) is 0 Å². The fourth-order valence-electron chi connectivity index (χ4n) is 3.13. The zero-order chi connectivity index (χ0) is 17.6. The third kappa shape index (κ3) is 3.06. The highest BCUT2D eigenvalue weighted by molar-refractivity contribution is 5.38. The molecule has 4 rings (SSSR count). The van der Waals surface area contributed by atoms with Crippen LogP contribution in [-0.2, 0) is 6.54 Å². The van der Waals surface area contributed by atoms with Crippen molar-refractivity contribution in [3.63, 3.8) is 0 Å². The molecule has 1 aliphatic carbocycles. The van der Waals surface area contributed by atoms with Gasteiger partial charge in [-0.25, -0.2) is 19.3 Å². The topological polar surface area (TPSA) is 74.3 Å². The van der Waals surface area contributed by atoms with Gasteiger partial charge in [-0.3, -0.25) is 4.98 Å². The van der Waals surface area contributed by atoms with Crippen LogP contribution in [0.2, 0.25) is 0 Å². The molecule has 0 aliphatic heterocycles. The van der Waals surface area contributed by atoms with E-state index in [1.807, 2.05) is 35.5 Å². The maximum absolute atomic E-state index is 4.89. The van der Waals surface area contributed by atoms with Crippen LogP contribution in [0.15, 0.2) is 18.5 Å². The first kappa shape index (κ1) is 15.9. The minimum atomic E-state index is 0.173. The summed E-state index contributed by atoms with van der Waals surface area (Å²) in [7, 11) is 0. The Morgan fingerprint density at radius 3 is 2.60 bits per heavy atom. The second-order valence-corrected chi connectivity index (χ2v) is 6.97. The average molecular weight is 337 g/mol. The summed E-state index contributed by atoms with van der Waals surface area (Å²) in [6.07, 6.45) is 6.05. The molecule has 0 amide bonds. The molecule has 3 heterocycles. The fraction of sp³-hybridized carbons (Fsp3) is 0.500. The number of aromatic nitrogens is 7. The number of nitrogens with zero attached hydrogens (tertiary/aromatic N) is 7. The van der Waals surface area contributed by atoms with E-state index in [2.05, 4.69) is 28.9 Å². The van der Waals surface area contributed by atoms with Crippen molar-refractivity contribution < 1.29 is 0 Å². The first-order chi connectivity index (χ1) is 12.0. The summed E-state index contributed by atoms with van der Waals surface area (Å²) in [5.74, 6) is 4.36. The van der Waals surface area contributed by atoms with Gasteiger partial charge in [-0.15, -0.1) is 0 Å². The number of hydrogen-bond acceptors (Lipinski definition) is 5. The van der Waals surface area contributed by atoms with Gasteiger partial charge in [0, 0.05) is 24.2 Å². The molecule has 1 unspecified atom stereocenters. The van der Waals surface area contributed by atoms with Crippen LogP contribution in [0.25, 0.3) is 5.69 Å². The number of hydrogen-bond donors (Lipinski definition) is 0. The summed E-state index contributed by atoms with van der Waals surface area (Å²) in [5, 5.41) is 9.31. The van der Waals surface area contributed by atoms with E-state index < -0.39 is 0 Å². The molecule has 130 valence electrons. The SMILES string of the molecule is Cc1nc(C)n(CC(C)c2nc(C3CC3)nn2-c2ccncc2C)n1. The van der Waals surface area contributed by atoms with Gasteiger partial charge in [-0.1, -0.05) is 6.92 Å². The normalized spacial score (nSPS) is 15.5. The van der Waals surface area contributed by atoms with Crippen LogP contribution >= 0.6 is 0 Å². The van der Waals surface area contributed by atoms with E-state index in [0.29, 0.717) is 5.92 Å². The molecule has 1 aliphatic rings. The lowest BCUT2D eigenvalue weighted by Gasteiger charge is -2.14. The van der Waals surface area contributed by atoms with Gasteiger partial charge in [0.25, 0.3) is 0 Å². The number of aryl methyl sites for hydroxylation is 3. The summed E-state index contributed by atoms with van der Waals surface area (Å²) >= 11 is 0. The number of rotatable bonds is 5. The second-order valence-electron chi connectivity index (χ2n) is 6.97. The predicted octanol–water partition coefficient (Wildman–Crippen LogP) is 2.86. The molecular weight excluding hydrogens is 314 g/mol. The van der Waals surface area contributed by atoms with Gasteiger partial charge < -0.3 is 0 Å². The molecule has 1 fully saturated rings. The van der Waals surface area contributed by atoms with Gasteiger partial charge in [0.2, 0.25) is 0 Å². The van der Waals surface area contributed by atoms with Crippen LogP contribution in [0.5, 0.6) is 0 Å². The zero-order valence-electron chi connectivity index (χ0n) is 15.1. The Bertz CT molecular complexity index is 904. The van der Waals surface area contributed by atoms with Gasteiger partial charge in [0.05, 0.1) is 12.2 Å². The second kappa shape index (κ2) is 6.06. The molecule has 0 radical (unpaired) electrons. The van der Waals surface area contributed by atoms with E-state index in [1.165, 1.54) is 12.8 Å². The minimum Gasteiger partial charge on any atom is -0.264 e. The van der Waals surface area contributed by atoms with Crippen LogP contribution in [0, 0.1) is 20.8 Å². The van der Waals surface area contributed by atoms with Crippen molar-refractivity contribution in [3.05, 3.63) is 47.3 Å². The Balaban J connectivity index is 1.72. The first-order valence-corrected chi connectivity index (χ1v) is 8.79. The lowest BCUT2D eigenvalue weighted by Crippen LogP contribution is -2.15. The van der Waals surface area contributed by atoms with Gasteiger partial charge >= 0.3 is 0 Å². The summed E-state index contributed by atoms with van der Waals surface area (Å²) in [4.78, 5) is 13.5. The third-order valence-electron chi connectivity index (χ3n) is 4.66. The monoisotopic (exact) mass is 337 g/mol. The molecule has 0 saturated heterocycles. The van der Waals surface area contributed by atoms with Crippen LogP contribution in [0.1, 0.15) is 60.5 Å². The van der Waals surface area contributed by atoms with Crippen molar-refractivity contribution in [2.24, 2.45) is 0 Å². The Kier molecular flexibility index (Phi) is 3.86. The van der Waals surface area contributed by atoms with Gasteiger partial charge in [-0.05, 0) is 45.2 Å². The van der Waals surface area contributed by atoms with Crippen LogP contribution < -0.4 is 0 Å². The minimum absolute atomic E-state index is 0.173. The maximum atomic E-state index is 4.89. The molecule has 7 nitrogen and oxygen atoms in total. The van der Waals surface area contributed by atoms with Crippen LogP contribution in [0.3, 0.4) is 0 Å². The highest BCUT2D eigenvalue weighted by atomic mass is 15.4. The Labute approximate surface area is 147 Å². The Morgan fingerprint density at radius 2 is 1.96 bits per heavy atom. The van der Waals surface area contributed by atoms with E-state index in [-0.39, 0.29) is 5.92 Å². The van der Waals surface area contributed by atoms with Crippen molar-refractivity contribution in [1.82, 2.24) is 34.5 Å². The third-order valence-corrected chi connectivity index (χ3v) is 4.66. The van der Waals surface area contributed by atoms with E-state index in [1.54, 1.807) is 6.20 Å². The van der Waals surface area contributed by atoms with E-state index >= 15 is 0 Å². The molecule has 0 N–H and O–H groups in total. The van der Waals surface area contributed by atoms with Gasteiger partial charge in [0.1, 0.15) is 17.5 Å².